The van der Waals surface area contributed by atoms with Gasteiger partial charge in [0, 0.05) is 10.5 Å². The highest BCUT2D eigenvalue weighted by atomic mass is 32.2. The van der Waals surface area contributed by atoms with E-state index < -0.39 is 0 Å². The van der Waals surface area contributed by atoms with Crippen LogP contribution >= 0.6 is 11.8 Å². The molecular weight excluding hydrogens is 206 g/mol. The third-order valence-corrected chi connectivity index (χ3v) is 3.09. The van der Waals surface area contributed by atoms with Gasteiger partial charge in [-0.05, 0) is 44.9 Å². The molecule has 3 heteroatoms. The van der Waals surface area contributed by atoms with Crippen LogP contribution in [-0.2, 0) is 0 Å². The Morgan fingerprint density at radius 1 is 1.40 bits per heavy atom. The van der Waals surface area contributed by atoms with Crippen LogP contribution in [0.1, 0.15) is 16.8 Å². The van der Waals surface area contributed by atoms with Crippen molar-refractivity contribution < 1.29 is 4.79 Å². The van der Waals surface area contributed by atoms with Crippen molar-refractivity contribution in [2.24, 2.45) is 0 Å². The predicted octanol–water partition coefficient (Wildman–Crippen LogP) is 2.54. The molecule has 1 aromatic carbocycles. The Morgan fingerprint density at radius 2 is 2.20 bits per heavy atom. The zero-order valence-electron chi connectivity index (χ0n) is 9.27. The van der Waals surface area contributed by atoms with Crippen LogP contribution in [0.4, 0.5) is 0 Å². The van der Waals surface area contributed by atoms with Crippen LogP contribution in [-0.4, -0.2) is 37.6 Å². The number of rotatable bonds is 6. The predicted molar refractivity (Wildman–Crippen MR) is 65.7 cm³/mol. The van der Waals surface area contributed by atoms with Gasteiger partial charge in [-0.15, -0.1) is 11.8 Å². The fourth-order valence-electron chi connectivity index (χ4n) is 1.25. The normalized spacial score (nSPS) is 10.6. The Balaban J connectivity index is 2.34. The van der Waals surface area contributed by atoms with Crippen LogP contribution in [0.15, 0.2) is 29.2 Å². The lowest BCUT2D eigenvalue weighted by molar-refractivity contribution is 0.112. The van der Waals surface area contributed by atoms with Crippen molar-refractivity contribution >= 4 is 18.0 Å². The molecule has 0 aliphatic heterocycles. The van der Waals surface area contributed by atoms with Gasteiger partial charge in [0.15, 0.2) is 0 Å². The Kier molecular flexibility index (Phi) is 5.43. The summed E-state index contributed by atoms with van der Waals surface area (Å²) in [7, 11) is 4.16. The first-order valence-electron chi connectivity index (χ1n) is 5.05. The van der Waals surface area contributed by atoms with E-state index in [9.17, 15) is 4.79 Å². The van der Waals surface area contributed by atoms with Gasteiger partial charge in [-0.25, -0.2) is 0 Å². The summed E-state index contributed by atoms with van der Waals surface area (Å²) in [5, 5.41) is 0. The quantitative estimate of drug-likeness (QED) is 0.420. The van der Waals surface area contributed by atoms with Crippen LogP contribution in [0.5, 0.6) is 0 Å². The summed E-state index contributed by atoms with van der Waals surface area (Å²) >= 11 is 1.81. The summed E-state index contributed by atoms with van der Waals surface area (Å²) in [4.78, 5) is 13.9. The van der Waals surface area contributed by atoms with E-state index in [4.69, 9.17) is 0 Å². The van der Waals surface area contributed by atoms with Crippen molar-refractivity contribution in [1.82, 2.24) is 4.90 Å². The van der Waals surface area contributed by atoms with Gasteiger partial charge >= 0.3 is 0 Å². The maximum Gasteiger partial charge on any atom is 0.150 e. The van der Waals surface area contributed by atoms with Gasteiger partial charge in [-0.2, -0.15) is 0 Å². The number of hydrogen-bond donors (Lipinski definition) is 0. The van der Waals surface area contributed by atoms with Gasteiger partial charge in [-0.1, -0.05) is 12.1 Å². The van der Waals surface area contributed by atoms with Crippen molar-refractivity contribution in [2.45, 2.75) is 11.3 Å². The smallest absolute Gasteiger partial charge is 0.150 e. The number of benzene rings is 1. The van der Waals surface area contributed by atoms with Gasteiger partial charge in [0.25, 0.3) is 0 Å². The van der Waals surface area contributed by atoms with E-state index in [2.05, 4.69) is 19.0 Å². The zero-order chi connectivity index (χ0) is 11.1. The van der Waals surface area contributed by atoms with Crippen molar-refractivity contribution in [2.75, 3.05) is 26.4 Å². The van der Waals surface area contributed by atoms with Gasteiger partial charge in [0.2, 0.25) is 0 Å². The summed E-state index contributed by atoms with van der Waals surface area (Å²) in [6, 6.07) is 7.75. The lowest BCUT2D eigenvalue weighted by atomic mass is 10.2. The number of nitrogens with zero attached hydrogens (tertiary/aromatic N) is 1. The van der Waals surface area contributed by atoms with Crippen molar-refractivity contribution in [3.05, 3.63) is 29.8 Å². The number of carbonyl (C=O) groups excluding carboxylic acids is 1. The highest BCUT2D eigenvalue weighted by Crippen LogP contribution is 2.19. The highest BCUT2D eigenvalue weighted by Gasteiger charge is 1.96. The van der Waals surface area contributed by atoms with Crippen molar-refractivity contribution in [3.8, 4) is 0 Å². The molecule has 0 aliphatic rings. The molecule has 0 fully saturated rings. The number of aldehydes is 1. The van der Waals surface area contributed by atoms with Gasteiger partial charge in [-0.3, -0.25) is 4.79 Å². The molecule has 2 nitrogen and oxygen atoms in total. The molecule has 0 saturated heterocycles. The van der Waals surface area contributed by atoms with E-state index in [-0.39, 0.29) is 0 Å². The molecule has 0 amide bonds. The molecule has 82 valence electrons. The first-order chi connectivity index (χ1) is 7.22. The number of thioether (sulfide) groups is 1. The SMILES string of the molecule is CN(C)CCCSc1cccc(C=O)c1. The maximum absolute atomic E-state index is 10.6. The standard InChI is InChI=1S/C12H17NOS/c1-13(2)7-4-8-15-12-6-3-5-11(9-12)10-14/h3,5-6,9-10H,4,7-8H2,1-2H3. The minimum atomic E-state index is 0.757. The van der Waals surface area contributed by atoms with E-state index in [0.29, 0.717) is 0 Å². The highest BCUT2D eigenvalue weighted by molar-refractivity contribution is 7.99. The molecule has 0 saturated carbocycles. The number of hydrogen-bond acceptors (Lipinski definition) is 3. The minimum absolute atomic E-state index is 0.757. The average Bonchev–Trinajstić information content (AvgIpc) is 2.24. The monoisotopic (exact) mass is 223 g/mol. The summed E-state index contributed by atoms with van der Waals surface area (Å²) in [5.41, 5.74) is 0.757. The van der Waals surface area contributed by atoms with E-state index in [1.807, 2.05) is 24.3 Å². The fraction of sp³-hybridized carbons (Fsp3) is 0.417. The second-order valence-corrected chi connectivity index (χ2v) is 4.86. The molecule has 0 unspecified atom stereocenters. The van der Waals surface area contributed by atoms with Crippen LogP contribution in [0.3, 0.4) is 0 Å². The molecule has 0 bridgehead atoms. The largest absolute Gasteiger partial charge is 0.309 e. The summed E-state index contributed by atoms with van der Waals surface area (Å²) < 4.78 is 0. The first kappa shape index (κ1) is 12.3. The lowest BCUT2D eigenvalue weighted by Gasteiger charge is -2.08. The molecule has 1 aromatic rings. The second kappa shape index (κ2) is 6.64. The van der Waals surface area contributed by atoms with E-state index in [0.717, 1.165) is 24.1 Å². The molecule has 1 rings (SSSR count). The number of carbonyl (C=O) groups is 1. The average molecular weight is 223 g/mol. The van der Waals surface area contributed by atoms with Gasteiger partial charge < -0.3 is 4.90 Å². The fourth-order valence-corrected chi connectivity index (χ4v) is 2.15. The molecule has 15 heavy (non-hydrogen) atoms. The van der Waals surface area contributed by atoms with Gasteiger partial charge in [0.1, 0.15) is 6.29 Å². The summed E-state index contributed by atoms with van der Waals surface area (Å²) in [5.74, 6) is 1.10. The van der Waals surface area contributed by atoms with E-state index >= 15 is 0 Å². The molecular formula is C12H17NOS. The van der Waals surface area contributed by atoms with Crippen LogP contribution in [0.25, 0.3) is 0 Å². The third-order valence-electron chi connectivity index (χ3n) is 2.01. The summed E-state index contributed by atoms with van der Waals surface area (Å²) in [6.07, 6.45) is 2.06. The first-order valence-corrected chi connectivity index (χ1v) is 6.03. The van der Waals surface area contributed by atoms with Crippen LogP contribution in [0, 0.1) is 0 Å². The Hall–Kier alpha value is -0.800. The molecule has 0 radical (unpaired) electrons. The van der Waals surface area contributed by atoms with Crippen molar-refractivity contribution in [1.29, 1.82) is 0 Å². The maximum atomic E-state index is 10.6. The molecule has 0 aliphatic carbocycles. The van der Waals surface area contributed by atoms with E-state index in [1.54, 1.807) is 11.8 Å². The molecule has 0 atom stereocenters. The zero-order valence-corrected chi connectivity index (χ0v) is 10.1. The van der Waals surface area contributed by atoms with Gasteiger partial charge in [0.05, 0.1) is 0 Å². The van der Waals surface area contributed by atoms with E-state index in [1.165, 1.54) is 11.3 Å². The summed E-state index contributed by atoms with van der Waals surface area (Å²) in [6.45, 7) is 1.11. The minimum Gasteiger partial charge on any atom is -0.309 e. The second-order valence-electron chi connectivity index (χ2n) is 3.70. The topological polar surface area (TPSA) is 20.3 Å². The molecule has 0 aromatic heterocycles. The Bertz CT molecular complexity index is 312. The van der Waals surface area contributed by atoms with Crippen molar-refractivity contribution in [3.63, 3.8) is 0 Å². The van der Waals surface area contributed by atoms with Crippen LogP contribution < -0.4 is 0 Å². The Labute approximate surface area is 95.7 Å². The Morgan fingerprint density at radius 3 is 2.87 bits per heavy atom. The molecule has 0 spiro atoms. The molecule has 0 N–H and O–H groups in total. The lowest BCUT2D eigenvalue weighted by Crippen LogP contribution is -2.13. The van der Waals surface area contributed by atoms with Crippen LogP contribution in [0.2, 0.25) is 0 Å². The molecule has 0 heterocycles. The third kappa shape index (κ3) is 5.00.